The number of nitrogens with zero attached hydrogens (tertiary/aromatic N) is 2. The van der Waals surface area contributed by atoms with Crippen LogP contribution in [0.1, 0.15) is 37.7 Å². The van der Waals surface area contributed by atoms with Crippen molar-refractivity contribution in [1.82, 2.24) is 9.80 Å². The average Bonchev–Trinajstić information content (AvgIpc) is 3.04. The molecule has 2 heterocycles. The Kier molecular flexibility index (Phi) is 4.77. The lowest BCUT2D eigenvalue weighted by Crippen LogP contribution is -2.45. The van der Waals surface area contributed by atoms with Crippen LogP contribution in [0, 0.1) is 16.7 Å². The fourth-order valence-corrected chi connectivity index (χ4v) is 6.42. The quantitative estimate of drug-likeness (QED) is 0.714. The van der Waals surface area contributed by atoms with Crippen molar-refractivity contribution in [2.45, 2.75) is 38.5 Å². The van der Waals surface area contributed by atoms with Gasteiger partial charge in [-0.25, -0.2) is 0 Å². The molecule has 2 atom stereocenters. The highest BCUT2D eigenvalue weighted by Crippen LogP contribution is 2.66. The van der Waals surface area contributed by atoms with Crippen LogP contribution in [0.15, 0.2) is 41.8 Å². The van der Waals surface area contributed by atoms with Crippen LogP contribution in [0.4, 0.5) is 0 Å². The Bertz CT molecular complexity index is 963. The lowest BCUT2D eigenvalue weighted by Gasteiger charge is -2.32. The molecule has 1 spiro atoms. The molecule has 2 aromatic rings. The minimum absolute atomic E-state index is 0.147. The Morgan fingerprint density at radius 3 is 2.63 bits per heavy atom. The first kappa shape index (κ1) is 19.8. The second kappa shape index (κ2) is 7.23. The molecule has 3 fully saturated rings. The molecular formula is C25H30N2O2S. The van der Waals surface area contributed by atoms with Crippen LogP contribution in [0.3, 0.4) is 0 Å². The zero-order chi connectivity index (χ0) is 20.9. The molecule has 1 aromatic heterocycles. The predicted molar refractivity (Wildman–Crippen MR) is 120 cm³/mol. The minimum Gasteiger partial charge on any atom is -0.348 e. The maximum Gasteiger partial charge on any atom is 0.230 e. The summed E-state index contributed by atoms with van der Waals surface area (Å²) in [6.07, 6.45) is 6.21. The van der Waals surface area contributed by atoms with E-state index in [1.165, 1.54) is 35.3 Å². The summed E-state index contributed by atoms with van der Waals surface area (Å²) < 4.78 is 0. The van der Waals surface area contributed by atoms with Gasteiger partial charge in [0.1, 0.15) is 0 Å². The topological polar surface area (TPSA) is 40.6 Å². The number of amides is 2. The first-order valence-corrected chi connectivity index (χ1v) is 11.9. The van der Waals surface area contributed by atoms with E-state index in [2.05, 4.69) is 41.8 Å². The number of thiophene rings is 1. The molecule has 3 aliphatic rings. The third kappa shape index (κ3) is 3.27. The van der Waals surface area contributed by atoms with E-state index in [4.69, 9.17) is 0 Å². The van der Waals surface area contributed by atoms with Crippen LogP contribution >= 0.6 is 11.3 Å². The maximum atomic E-state index is 13.3. The maximum absolute atomic E-state index is 13.3. The Hall–Kier alpha value is -2.14. The van der Waals surface area contributed by atoms with Gasteiger partial charge in [-0.3, -0.25) is 9.59 Å². The van der Waals surface area contributed by atoms with Gasteiger partial charge in [-0.2, -0.15) is 0 Å². The van der Waals surface area contributed by atoms with E-state index in [1.54, 1.807) is 16.2 Å². The van der Waals surface area contributed by atoms with Gasteiger partial charge in [-0.15, -0.1) is 11.3 Å². The van der Waals surface area contributed by atoms with Gasteiger partial charge in [0.05, 0.1) is 5.41 Å². The number of rotatable bonds is 5. The highest BCUT2D eigenvalue weighted by atomic mass is 32.1. The molecule has 0 unspecified atom stereocenters. The molecule has 0 radical (unpaired) electrons. The van der Waals surface area contributed by atoms with Crippen molar-refractivity contribution < 1.29 is 9.59 Å². The second-order valence-electron chi connectivity index (χ2n) is 9.82. The number of benzene rings is 1. The molecule has 1 saturated heterocycles. The van der Waals surface area contributed by atoms with Crippen LogP contribution in [0.2, 0.25) is 0 Å². The molecule has 5 heteroatoms. The zero-order valence-corrected chi connectivity index (χ0v) is 18.7. The molecule has 2 amide bonds. The second-order valence-corrected chi connectivity index (χ2v) is 10.8. The summed E-state index contributed by atoms with van der Waals surface area (Å²) in [6.45, 7) is 1.26. The minimum atomic E-state index is -0.519. The fourth-order valence-electron chi connectivity index (χ4n) is 5.70. The van der Waals surface area contributed by atoms with Gasteiger partial charge in [0.2, 0.25) is 11.8 Å². The lowest BCUT2D eigenvalue weighted by molar-refractivity contribution is -0.140. The summed E-state index contributed by atoms with van der Waals surface area (Å²) in [6, 6.07) is 12.7. The van der Waals surface area contributed by atoms with Crippen LogP contribution in [0.5, 0.6) is 0 Å². The third-order valence-corrected chi connectivity index (χ3v) is 8.56. The first-order valence-electron chi connectivity index (χ1n) is 11.1. The third-order valence-electron chi connectivity index (χ3n) is 7.64. The largest absolute Gasteiger partial charge is 0.348 e. The summed E-state index contributed by atoms with van der Waals surface area (Å²) >= 11 is 1.73. The molecule has 158 valence electrons. The summed E-state index contributed by atoms with van der Waals surface area (Å²) in [5.74, 6) is 0.669. The molecule has 2 saturated carbocycles. The molecule has 0 bridgehead atoms. The van der Waals surface area contributed by atoms with Crippen LogP contribution in [-0.2, 0) is 16.0 Å². The van der Waals surface area contributed by atoms with Crippen molar-refractivity contribution >= 4 is 23.2 Å². The number of likely N-dealkylation sites (tertiary alicyclic amines) is 1. The van der Waals surface area contributed by atoms with Gasteiger partial charge in [-0.05, 0) is 60.1 Å². The average molecular weight is 423 g/mol. The van der Waals surface area contributed by atoms with Crippen LogP contribution < -0.4 is 0 Å². The van der Waals surface area contributed by atoms with Crippen molar-refractivity contribution in [2.75, 3.05) is 27.2 Å². The normalized spacial score (nSPS) is 26.5. The Balaban J connectivity index is 1.37. The van der Waals surface area contributed by atoms with Crippen molar-refractivity contribution in [1.29, 1.82) is 0 Å². The van der Waals surface area contributed by atoms with E-state index in [9.17, 15) is 9.59 Å². The van der Waals surface area contributed by atoms with E-state index in [0.717, 1.165) is 12.8 Å². The molecular weight excluding hydrogens is 392 g/mol. The lowest BCUT2D eigenvalue weighted by atomic mass is 9.79. The number of hydrogen-bond donors (Lipinski definition) is 0. The van der Waals surface area contributed by atoms with Gasteiger partial charge in [0.15, 0.2) is 0 Å². The summed E-state index contributed by atoms with van der Waals surface area (Å²) in [5, 5.41) is 2.09. The summed E-state index contributed by atoms with van der Waals surface area (Å²) in [4.78, 5) is 31.4. The molecule has 2 aliphatic carbocycles. The number of hydrogen-bond acceptors (Lipinski definition) is 3. The van der Waals surface area contributed by atoms with Crippen LogP contribution in [-0.4, -0.2) is 48.8 Å². The standard InChI is InChI=1S/C25H30N2O2S/c1-26(2)23(29)25(15-18-6-3-7-19(14-18)21-8-4-13-30-21)11-12-27(17-25)22(28)20-16-24(20)9-5-10-24/h3-4,6-8,13-14,20H,5,9-12,15-17H2,1-2H3/t20-,25-/m0/s1. The number of carbonyl (C=O) groups excluding carboxylic acids is 2. The fraction of sp³-hybridized carbons (Fsp3) is 0.520. The van der Waals surface area contributed by atoms with Crippen molar-refractivity contribution in [3.05, 3.63) is 47.3 Å². The van der Waals surface area contributed by atoms with E-state index >= 15 is 0 Å². The first-order chi connectivity index (χ1) is 14.4. The molecule has 30 heavy (non-hydrogen) atoms. The summed E-state index contributed by atoms with van der Waals surface area (Å²) in [5.41, 5.74) is 2.19. The molecule has 4 nitrogen and oxygen atoms in total. The number of carbonyl (C=O) groups is 2. The Labute approximate surface area is 182 Å². The molecule has 0 N–H and O–H groups in total. The monoisotopic (exact) mass is 422 g/mol. The van der Waals surface area contributed by atoms with Gasteiger partial charge in [0.25, 0.3) is 0 Å². The SMILES string of the molecule is CN(C)C(=O)[C@]1(Cc2cccc(-c3cccs3)c2)CCN(C(=O)[C@@H]2CC23CCC3)C1. The van der Waals surface area contributed by atoms with Gasteiger partial charge in [-0.1, -0.05) is 36.8 Å². The highest BCUT2D eigenvalue weighted by Gasteiger charge is 2.62. The summed E-state index contributed by atoms with van der Waals surface area (Å²) in [7, 11) is 3.67. The van der Waals surface area contributed by atoms with E-state index in [1.807, 2.05) is 19.0 Å². The van der Waals surface area contributed by atoms with E-state index in [-0.39, 0.29) is 11.8 Å². The van der Waals surface area contributed by atoms with Gasteiger partial charge in [0, 0.05) is 38.0 Å². The highest BCUT2D eigenvalue weighted by molar-refractivity contribution is 7.13. The van der Waals surface area contributed by atoms with Gasteiger partial charge < -0.3 is 9.80 Å². The van der Waals surface area contributed by atoms with Crippen molar-refractivity contribution in [2.24, 2.45) is 16.7 Å². The van der Waals surface area contributed by atoms with Crippen molar-refractivity contribution in [3.63, 3.8) is 0 Å². The smallest absolute Gasteiger partial charge is 0.230 e. The van der Waals surface area contributed by atoms with E-state index in [0.29, 0.717) is 30.8 Å². The molecule has 1 aromatic carbocycles. The van der Waals surface area contributed by atoms with Crippen LogP contribution in [0.25, 0.3) is 10.4 Å². The predicted octanol–water partition coefficient (Wildman–Crippen LogP) is 4.45. The Morgan fingerprint density at radius 2 is 2.00 bits per heavy atom. The van der Waals surface area contributed by atoms with E-state index < -0.39 is 5.41 Å². The molecule has 5 rings (SSSR count). The Morgan fingerprint density at radius 1 is 1.17 bits per heavy atom. The van der Waals surface area contributed by atoms with Crippen molar-refractivity contribution in [3.8, 4) is 10.4 Å². The van der Waals surface area contributed by atoms with Gasteiger partial charge >= 0.3 is 0 Å². The zero-order valence-electron chi connectivity index (χ0n) is 17.9. The molecule has 1 aliphatic heterocycles.